The number of para-hydroxylation sites is 1. The molecule has 1 aliphatic carbocycles. The smallest absolute Gasteiger partial charge is 0.314 e. The van der Waals surface area contributed by atoms with Crippen molar-refractivity contribution in [1.29, 1.82) is 0 Å². The van der Waals surface area contributed by atoms with Crippen LogP contribution in [0.5, 0.6) is 11.6 Å². The molecule has 10 rings (SSSR count). The zero-order chi connectivity index (χ0) is 43.9. The van der Waals surface area contributed by atoms with Crippen molar-refractivity contribution in [2.24, 2.45) is 5.92 Å². The summed E-state index contributed by atoms with van der Waals surface area (Å²) >= 11 is 0. The van der Waals surface area contributed by atoms with Gasteiger partial charge in [0.05, 0.1) is 35.6 Å². The molecule has 4 aromatic heterocycles. The molecule has 3 atom stereocenters. The number of nitrogens with two attached hydrogens (primary N) is 1. The van der Waals surface area contributed by atoms with Crippen molar-refractivity contribution in [3.05, 3.63) is 78.7 Å². The summed E-state index contributed by atoms with van der Waals surface area (Å²) in [7, 11) is 0. The second kappa shape index (κ2) is 17.9. The minimum Gasteiger partial charge on any atom is -0.507 e. The molecule has 3 unspecified atom stereocenters. The zero-order valence-corrected chi connectivity index (χ0v) is 36.7. The molecule has 338 valence electrons. The molecule has 17 heteroatoms. The van der Waals surface area contributed by atoms with Crippen molar-refractivity contribution in [1.82, 2.24) is 34.8 Å². The predicted octanol–water partition coefficient (Wildman–Crippen LogP) is 6.13. The lowest BCUT2D eigenvalue weighted by molar-refractivity contribution is -0.140. The van der Waals surface area contributed by atoms with E-state index in [1.807, 2.05) is 44.6 Å². The van der Waals surface area contributed by atoms with Crippen LogP contribution in [0.25, 0.3) is 11.3 Å². The van der Waals surface area contributed by atoms with Gasteiger partial charge in [-0.25, -0.2) is 9.97 Å². The van der Waals surface area contributed by atoms with Gasteiger partial charge in [0.1, 0.15) is 17.8 Å². The SMILES string of the molecule is CC(C)C(C(=O)O)c1cc(N2CCC(n3cnc(CN4CCC(O[C@H]5C[C@H](Oc6cc(N7C8CCC7CN(c7cc(-c9ccccc9O)nnc7N)C8)ccn6)C5)CC4)c3)CC2)no1. The molecular weight excluding hydrogens is 815 g/mol. The van der Waals surface area contributed by atoms with Gasteiger partial charge in [0.15, 0.2) is 17.4 Å². The van der Waals surface area contributed by atoms with E-state index in [4.69, 9.17) is 24.7 Å². The monoisotopic (exact) mass is 873 g/mol. The first kappa shape index (κ1) is 42.0. The Morgan fingerprint density at radius 2 is 1.64 bits per heavy atom. The highest BCUT2D eigenvalue weighted by molar-refractivity contribution is 5.76. The summed E-state index contributed by atoms with van der Waals surface area (Å²) in [4.78, 5) is 30.7. The number of hydrogen-bond donors (Lipinski definition) is 3. The van der Waals surface area contributed by atoms with Crippen LogP contribution in [0.4, 0.5) is 23.0 Å². The lowest BCUT2D eigenvalue weighted by Gasteiger charge is -2.43. The highest BCUT2D eigenvalue weighted by Crippen LogP contribution is 2.40. The number of fused-ring (bicyclic) bond motifs is 2. The average molecular weight is 874 g/mol. The number of nitrogen functional groups attached to an aromatic ring is 1. The van der Waals surface area contributed by atoms with Crippen molar-refractivity contribution in [3.8, 4) is 22.9 Å². The molecule has 0 radical (unpaired) electrons. The number of anilines is 4. The number of aromatic nitrogens is 6. The number of benzene rings is 1. The van der Waals surface area contributed by atoms with Crippen LogP contribution in [0.3, 0.4) is 0 Å². The first-order chi connectivity index (χ1) is 31.1. The predicted molar refractivity (Wildman–Crippen MR) is 241 cm³/mol. The standard InChI is InChI=1S/C47H59N11O6/c1-29(2)45(47(60)61)42-23-43(53-64-42)55-17-10-31(11-18-55)57-25-30(50-28-57)24-54-15-12-35(13-16-54)62-36-20-37(21-36)63-44-19-32(9-14-49-44)58-33-7-8-34(58)27-56(26-33)40-22-39(51-52-46(40)48)38-5-3-4-6-41(38)59/h3-6,9,14,19,22-23,25,28-29,31,33-37,45,59H,7-8,10-13,15-18,20-21,24,26-27H2,1-2H3,(H2,48,52)(H,60,61)/t33?,34?,36-,37-,45?. The molecule has 0 spiro atoms. The maximum Gasteiger partial charge on any atom is 0.314 e. The molecule has 5 aliphatic rings. The van der Waals surface area contributed by atoms with Crippen molar-refractivity contribution >= 4 is 29.0 Å². The molecule has 8 heterocycles. The average Bonchev–Trinajstić information content (AvgIpc) is 4.02. The van der Waals surface area contributed by atoms with Gasteiger partial charge in [-0.1, -0.05) is 31.1 Å². The topological polar surface area (TPSA) is 197 Å². The van der Waals surface area contributed by atoms with Gasteiger partial charge in [-0.3, -0.25) is 9.69 Å². The Hall–Kier alpha value is -5.94. The number of carboxylic acids is 1. The maximum atomic E-state index is 11.8. The summed E-state index contributed by atoms with van der Waals surface area (Å²) in [5.74, 6) is 0.690. The molecule has 17 nitrogen and oxygen atoms in total. The van der Waals surface area contributed by atoms with E-state index in [0.29, 0.717) is 52.7 Å². The van der Waals surface area contributed by atoms with Gasteiger partial charge < -0.3 is 49.2 Å². The molecule has 4 N–H and O–H groups in total. The number of phenols is 1. The molecular formula is C47H59N11O6. The fourth-order valence-corrected chi connectivity index (χ4v) is 10.6. The highest BCUT2D eigenvalue weighted by atomic mass is 16.5. The third kappa shape index (κ3) is 8.79. The van der Waals surface area contributed by atoms with Crippen LogP contribution >= 0.6 is 0 Å². The number of piperidine rings is 2. The van der Waals surface area contributed by atoms with Crippen LogP contribution in [0, 0.1) is 5.92 Å². The van der Waals surface area contributed by atoms with Gasteiger partial charge in [0.25, 0.3) is 0 Å². The quantitative estimate of drug-likeness (QED) is 0.115. The number of imidazole rings is 1. The number of phenolic OH excluding ortho intramolecular Hbond substituents is 1. The van der Waals surface area contributed by atoms with Gasteiger partial charge in [-0.15, -0.1) is 10.2 Å². The van der Waals surface area contributed by atoms with E-state index in [0.717, 1.165) is 114 Å². The number of pyridine rings is 1. The van der Waals surface area contributed by atoms with Crippen LogP contribution < -0.4 is 25.2 Å². The van der Waals surface area contributed by atoms with Crippen LogP contribution in [-0.2, 0) is 16.1 Å². The normalized spacial score (nSPS) is 23.7. The maximum absolute atomic E-state index is 11.8. The number of nitrogens with zero attached hydrogens (tertiary/aromatic N) is 10. The van der Waals surface area contributed by atoms with Crippen LogP contribution in [0.1, 0.15) is 88.6 Å². The second-order valence-corrected chi connectivity index (χ2v) is 18.7. The summed E-state index contributed by atoms with van der Waals surface area (Å²) < 4.78 is 20.7. The number of rotatable bonds is 14. The van der Waals surface area contributed by atoms with Crippen molar-refractivity contribution in [3.63, 3.8) is 0 Å². The van der Waals surface area contributed by atoms with Crippen molar-refractivity contribution in [2.45, 2.75) is 114 Å². The fraction of sp³-hybridized carbons (Fsp3) is 0.532. The third-order valence-corrected chi connectivity index (χ3v) is 14.1. The van der Waals surface area contributed by atoms with Crippen LogP contribution in [-0.4, -0.2) is 121 Å². The van der Waals surface area contributed by atoms with E-state index in [1.165, 1.54) is 0 Å². The first-order valence-electron chi connectivity index (χ1n) is 23.0. The van der Waals surface area contributed by atoms with Crippen molar-refractivity contribution in [2.75, 3.05) is 59.7 Å². The number of carboxylic acid groups (broad SMARTS) is 1. The van der Waals surface area contributed by atoms with Crippen LogP contribution in [0.2, 0.25) is 0 Å². The molecule has 5 fully saturated rings. The zero-order valence-electron chi connectivity index (χ0n) is 36.7. The van der Waals surface area contributed by atoms with Gasteiger partial charge in [-0.2, -0.15) is 0 Å². The summed E-state index contributed by atoms with van der Waals surface area (Å²) in [6, 6.07) is 16.1. The number of aromatic hydroxyl groups is 1. The van der Waals surface area contributed by atoms with E-state index in [2.05, 4.69) is 62.8 Å². The number of aliphatic carboxylic acids is 1. The summed E-state index contributed by atoms with van der Waals surface area (Å²) in [5, 5.41) is 32.8. The molecule has 1 saturated carbocycles. The van der Waals surface area contributed by atoms with Crippen LogP contribution in [0.15, 0.2) is 71.8 Å². The second-order valence-electron chi connectivity index (χ2n) is 18.7. The molecule has 64 heavy (non-hydrogen) atoms. The molecule has 4 saturated heterocycles. The third-order valence-electron chi connectivity index (χ3n) is 14.1. The lowest BCUT2D eigenvalue weighted by Crippen LogP contribution is -2.54. The van der Waals surface area contributed by atoms with E-state index in [9.17, 15) is 15.0 Å². The van der Waals surface area contributed by atoms with Crippen molar-refractivity contribution < 1.29 is 29.0 Å². The Morgan fingerprint density at radius 1 is 0.875 bits per heavy atom. The number of piperazine rings is 1. The summed E-state index contributed by atoms with van der Waals surface area (Å²) in [6.07, 6.45) is 14.5. The Balaban J connectivity index is 0.649. The van der Waals surface area contributed by atoms with Gasteiger partial charge >= 0.3 is 5.97 Å². The molecule has 0 amide bonds. The Bertz CT molecular complexity index is 2390. The largest absolute Gasteiger partial charge is 0.507 e. The van der Waals surface area contributed by atoms with E-state index in [-0.39, 0.29) is 30.0 Å². The summed E-state index contributed by atoms with van der Waals surface area (Å²) in [6.45, 7) is 9.84. The lowest BCUT2D eigenvalue weighted by atomic mass is 9.91. The van der Waals surface area contributed by atoms with Gasteiger partial charge in [0.2, 0.25) is 5.88 Å². The van der Waals surface area contributed by atoms with Gasteiger partial charge in [-0.05, 0) is 68.7 Å². The minimum absolute atomic E-state index is 0.0822. The minimum atomic E-state index is -0.888. The van der Waals surface area contributed by atoms with Gasteiger partial charge in [0, 0.05) is 113 Å². The molecule has 4 aliphatic heterocycles. The highest BCUT2D eigenvalue weighted by Gasteiger charge is 2.41. The Labute approximate surface area is 373 Å². The molecule has 5 aromatic rings. The fourth-order valence-electron chi connectivity index (χ4n) is 10.6. The number of likely N-dealkylation sites (tertiary alicyclic amines) is 1. The Morgan fingerprint density at radius 3 is 2.38 bits per heavy atom. The van der Waals surface area contributed by atoms with E-state index >= 15 is 0 Å². The molecule has 1 aromatic carbocycles. The summed E-state index contributed by atoms with van der Waals surface area (Å²) in [5.41, 5.74) is 10.7. The number of hydrogen-bond acceptors (Lipinski definition) is 15. The molecule has 2 bridgehead atoms. The van der Waals surface area contributed by atoms with E-state index < -0.39 is 11.9 Å². The first-order valence-corrected chi connectivity index (χ1v) is 23.0. The number of ether oxygens (including phenoxy) is 2. The number of carbonyl (C=O) groups is 1. The Kier molecular flexibility index (Phi) is 11.8. The van der Waals surface area contributed by atoms with E-state index in [1.54, 1.807) is 18.2 Å².